The third kappa shape index (κ3) is 5.90. The smallest absolute Gasteiger partial charge is 0.261 e. The van der Waals surface area contributed by atoms with Crippen molar-refractivity contribution in [3.8, 4) is 5.75 Å². The number of aryl methyl sites for hydroxylation is 2. The molecule has 0 aromatic heterocycles. The summed E-state index contributed by atoms with van der Waals surface area (Å²) in [4.78, 5) is 27.0. The summed E-state index contributed by atoms with van der Waals surface area (Å²) in [6.45, 7) is 5.64. The number of nitrogens with zero attached hydrogens (tertiary/aromatic N) is 1. The number of halogens is 3. The van der Waals surface area contributed by atoms with Gasteiger partial charge in [0.15, 0.2) is 6.61 Å². The SMILES string of the molecule is CC[C@H](C(=O)NC)N(Cc1c(Cl)cccc1Cl)C(=O)COc1cc(C)c(Br)c(C)c1. The molecule has 0 fully saturated rings. The number of likely N-dealkylation sites (N-methyl/N-ethyl adjacent to an activating group) is 1. The van der Waals surface area contributed by atoms with Gasteiger partial charge in [0.1, 0.15) is 11.8 Å². The van der Waals surface area contributed by atoms with Crippen LogP contribution in [0.4, 0.5) is 0 Å². The van der Waals surface area contributed by atoms with Crippen molar-refractivity contribution in [1.82, 2.24) is 10.2 Å². The topological polar surface area (TPSA) is 58.6 Å². The summed E-state index contributed by atoms with van der Waals surface area (Å²) in [5.74, 6) is -0.00529. The van der Waals surface area contributed by atoms with Gasteiger partial charge in [-0.1, -0.05) is 52.1 Å². The first kappa shape index (κ1) is 24.5. The highest BCUT2D eigenvalue weighted by Gasteiger charge is 2.29. The van der Waals surface area contributed by atoms with Gasteiger partial charge in [-0.3, -0.25) is 9.59 Å². The first-order valence-corrected chi connectivity index (χ1v) is 11.1. The van der Waals surface area contributed by atoms with Crippen molar-refractivity contribution in [2.45, 2.75) is 39.8 Å². The predicted molar refractivity (Wildman–Crippen MR) is 124 cm³/mol. The van der Waals surface area contributed by atoms with Gasteiger partial charge in [-0.2, -0.15) is 0 Å². The van der Waals surface area contributed by atoms with Crippen LogP contribution in [0.5, 0.6) is 5.75 Å². The van der Waals surface area contributed by atoms with Gasteiger partial charge in [-0.15, -0.1) is 0 Å². The van der Waals surface area contributed by atoms with Crippen molar-refractivity contribution in [1.29, 1.82) is 0 Å². The third-order valence-corrected chi connectivity index (χ3v) is 6.75. The molecular formula is C22H25BrCl2N2O3. The van der Waals surface area contributed by atoms with Crippen LogP contribution in [0, 0.1) is 13.8 Å². The summed E-state index contributed by atoms with van der Waals surface area (Å²) >= 11 is 16.1. The summed E-state index contributed by atoms with van der Waals surface area (Å²) < 4.78 is 6.76. The van der Waals surface area contributed by atoms with Crippen LogP contribution in [0.15, 0.2) is 34.8 Å². The van der Waals surface area contributed by atoms with Gasteiger partial charge in [0.05, 0.1) is 0 Å². The minimum atomic E-state index is -0.674. The second kappa shape index (κ2) is 11.0. The van der Waals surface area contributed by atoms with E-state index < -0.39 is 6.04 Å². The number of benzene rings is 2. The normalized spacial score (nSPS) is 11.7. The van der Waals surface area contributed by atoms with Crippen molar-refractivity contribution >= 4 is 50.9 Å². The molecule has 0 spiro atoms. The Morgan fingerprint density at radius 1 is 1.17 bits per heavy atom. The molecule has 5 nitrogen and oxygen atoms in total. The van der Waals surface area contributed by atoms with Gasteiger partial charge < -0.3 is 15.0 Å². The molecule has 2 aromatic carbocycles. The van der Waals surface area contributed by atoms with Gasteiger partial charge in [0.25, 0.3) is 5.91 Å². The zero-order chi connectivity index (χ0) is 22.4. The minimum absolute atomic E-state index is 0.102. The molecule has 2 amide bonds. The monoisotopic (exact) mass is 514 g/mol. The molecule has 2 rings (SSSR count). The van der Waals surface area contributed by atoms with E-state index in [0.717, 1.165) is 15.6 Å². The number of carbonyl (C=O) groups is 2. The molecule has 1 atom stereocenters. The van der Waals surface area contributed by atoms with Crippen LogP contribution in [0.3, 0.4) is 0 Å². The number of ether oxygens (including phenoxy) is 1. The second-order valence-corrected chi connectivity index (χ2v) is 8.53. The first-order chi connectivity index (χ1) is 14.2. The fourth-order valence-corrected chi connectivity index (χ4v) is 3.90. The average Bonchev–Trinajstić information content (AvgIpc) is 2.71. The van der Waals surface area contributed by atoms with Crippen molar-refractivity contribution in [3.63, 3.8) is 0 Å². The van der Waals surface area contributed by atoms with E-state index in [1.54, 1.807) is 25.2 Å². The quantitative estimate of drug-likeness (QED) is 0.518. The fourth-order valence-electron chi connectivity index (χ4n) is 3.16. The lowest BCUT2D eigenvalue weighted by Gasteiger charge is -2.30. The maximum atomic E-state index is 13.1. The molecule has 8 heteroatoms. The molecular weight excluding hydrogens is 491 g/mol. The lowest BCUT2D eigenvalue weighted by Crippen LogP contribution is -2.49. The van der Waals surface area contributed by atoms with Crippen molar-refractivity contribution in [2.75, 3.05) is 13.7 Å². The van der Waals surface area contributed by atoms with Crippen LogP contribution in [0.25, 0.3) is 0 Å². The van der Waals surface area contributed by atoms with Crippen LogP contribution in [0.1, 0.15) is 30.0 Å². The third-order valence-electron chi connectivity index (χ3n) is 4.79. The molecule has 1 N–H and O–H groups in total. The second-order valence-electron chi connectivity index (χ2n) is 6.92. The largest absolute Gasteiger partial charge is 0.484 e. The number of hydrogen-bond acceptors (Lipinski definition) is 3. The Morgan fingerprint density at radius 2 is 1.73 bits per heavy atom. The first-order valence-electron chi connectivity index (χ1n) is 9.53. The standard InChI is InChI=1S/C22H25BrCl2N2O3/c1-5-19(22(29)26-4)27(11-16-17(24)7-6-8-18(16)25)20(28)12-30-15-9-13(2)21(23)14(3)10-15/h6-10,19H,5,11-12H2,1-4H3,(H,26,29)/t19-/m1/s1. The van der Waals surface area contributed by atoms with Crippen LogP contribution in [-0.2, 0) is 16.1 Å². The molecule has 30 heavy (non-hydrogen) atoms. The van der Waals surface area contributed by atoms with Crippen molar-refractivity contribution in [3.05, 3.63) is 61.5 Å². The average molecular weight is 516 g/mol. The molecule has 0 unspecified atom stereocenters. The molecule has 0 saturated carbocycles. The fraction of sp³-hybridized carbons (Fsp3) is 0.364. The van der Waals surface area contributed by atoms with Gasteiger partial charge in [-0.05, 0) is 55.7 Å². The van der Waals surface area contributed by atoms with Gasteiger partial charge >= 0.3 is 0 Å². The Kier molecular flexibility index (Phi) is 9.01. The summed E-state index contributed by atoms with van der Waals surface area (Å²) in [6, 6.07) is 8.18. The van der Waals surface area contributed by atoms with Crippen molar-refractivity contribution < 1.29 is 14.3 Å². The van der Waals surface area contributed by atoms with Crippen LogP contribution < -0.4 is 10.1 Å². The number of carbonyl (C=O) groups excluding carboxylic acids is 2. The van der Waals surface area contributed by atoms with E-state index in [1.807, 2.05) is 32.9 Å². The molecule has 0 heterocycles. The molecule has 0 aliphatic rings. The Hall–Kier alpha value is -1.76. The highest BCUT2D eigenvalue weighted by molar-refractivity contribution is 9.10. The van der Waals surface area contributed by atoms with Crippen LogP contribution in [0.2, 0.25) is 10.0 Å². The molecule has 0 aliphatic heterocycles. The van der Waals surface area contributed by atoms with Gasteiger partial charge in [0.2, 0.25) is 5.91 Å². The molecule has 0 saturated heterocycles. The molecule has 2 aromatic rings. The maximum absolute atomic E-state index is 13.1. The van der Waals surface area contributed by atoms with E-state index in [0.29, 0.717) is 27.8 Å². The number of rotatable bonds is 8. The summed E-state index contributed by atoms with van der Waals surface area (Å²) in [6.07, 6.45) is 0.435. The summed E-state index contributed by atoms with van der Waals surface area (Å²) in [7, 11) is 1.54. The lowest BCUT2D eigenvalue weighted by atomic mass is 10.1. The number of nitrogens with one attached hydrogen (secondary N) is 1. The highest BCUT2D eigenvalue weighted by Crippen LogP contribution is 2.28. The Balaban J connectivity index is 2.29. The lowest BCUT2D eigenvalue weighted by molar-refractivity contribution is -0.142. The molecule has 162 valence electrons. The molecule has 0 aliphatic carbocycles. The molecule has 0 radical (unpaired) electrons. The predicted octanol–water partition coefficient (Wildman–Crippen LogP) is 5.30. The Bertz CT molecular complexity index is 893. The number of amides is 2. The van der Waals surface area contributed by atoms with E-state index in [2.05, 4.69) is 21.2 Å². The van der Waals surface area contributed by atoms with E-state index >= 15 is 0 Å². The highest BCUT2D eigenvalue weighted by atomic mass is 79.9. The van der Waals surface area contributed by atoms with Crippen LogP contribution in [-0.4, -0.2) is 36.4 Å². The Labute approximate surface area is 195 Å². The van der Waals surface area contributed by atoms with E-state index in [9.17, 15) is 9.59 Å². The zero-order valence-corrected chi connectivity index (χ0v) is 20.5. The van der Waals surface area contributed by atoms with E-state index in [1.165, 1.54) is 4.90 Å². The molecule has 0 bridgehead atoms. The minimum Gasteiger partial charge on any atom is -0.484 e. The Morgan fingerprint density at radius 3 is 2.23 bits per heavy atom. The van der Waals surface area contributed by atoms with Crippen LogP contribution >= 0.6 is 39.1 Å². The summed E-state index contributed by atoms with van der Waals surface area (Å²) in [5, 5.41) is 3.49. The maximum Gasteiger partial charge on any atom is 0.261 e. The van der Waals surface area contributed by atoms with E-state index in [4.69, 9.17) is 27.9 Å². The van der Waals surface area contributed by atoms with E-state index in [-0.39, 0.29) is 25.0 Å². The number of hydrogen-bond donors (Lipinski definition) is 1. The van der Waals surface area contributed by atoms with Gasteiger partial charge in [-0.25, -0.2) is 0 Å². The summed E-state index contributed by atoms with van der Waals surface area (Å²) in [5.41, 5.74) is 2.61. The van der Waals surface area contributed by atoms with Crippen molar-refractivity contribution in [2.24, 2.45) is 0 Å². The van der Waals surface area contributed by atoms with Gasteiger partial charge in [0, 0.05) is 33.7 Å². The zero-order valence-electron chi connectivity index (χ0n) is 17.4.